The van der Waals surface area contributed by atoms with E-state index in [9.17, 15) is 4.79 Å². The third kappa shape index (κ3) is 3.95. The molecule has 0 aromatic carbocycles. The number of carbonyl (C=O) groups is 1. The predicted molar refractivity (Wildman–Crippen MR) is 73.6 cm³/mol. The quantitative estimate of drug-likeness (QED) is 0.703. The SMILES string of the molecule is CCNC(C)(CN1CCC(CC)C1)C(=O)OCC. The van der Waals surface area contributed by atoms with Gasteiger partial charge in [0, 0.05) is 13.1 Å². The lowest BCUT2D eigenvalue weighted by molar-refractivity contribution is -0.151. The van der Waals surface area contributed by atoms with Gasteiger partial charge < -0.3 is 15.0 Å². The normalized spacial score (nSPS) is 23.9. The summed E-state index contributed by atoms with van der Waals surface area (Å²) in [6.45, 7) is 12.2. The molecule has 1 rings (SSSR count). The lowest BCUT2D eigenvalue weighted by Gasteiger charge is -2.32. The van der Waals surface area contributed by atoms with Crippen LogP contribution in [0.2, 0.25) is 0 Å². The first-order valence-electron chi connectivity index (χ1n) is 7.20. The lowest BCUT2D eigenvalue weighted by atomic mass is 10.0. The number of nitrogens with one attached hydrogen (secondary N) is 1. The Balaban J connectivity index is 2.59. The average molecular weight is 256 g/mol. The van der Waals surface area contributed by atoms with Crippen molar-refractivity contribution in [3.05, 3.63) is 0 Å². The smallest absolute Gasteiger partial charge is 0.327 e. The van der Waals surface area contributed by atoms with Crippen LogP contribution in [-0.4, -0.2) is 49.2 Å². The summed E-state index contributed by atoms with van der Waals surface area (Å²) < 4.78 is 5.19. The van der Waals surface area contributed by atoms with Crippen LogP contribution in [0.4, 0.5) is 0 Å². The number of esters is 1. The second-order valence-electron chi connectivity index (χ2n) is 5.38. The topological polar surface area (TPSA) is 41.6 Å². The molecule has 18 heavy (non-hydrogen) atoms. The van der Waals surface area contributed by atoms with Gasteiger partial charge in [0.05, 0.1) is 6.61 Å². The zero-order valence-electron chi connectivity index (χ0n) is 12.3. The predicted octanol–water partition coefficient (Wildman–Crippen LogP) is 1.65. The van der Waals surface area contributed by atoms with Gasteiger partial charge in [-0.2, -0.15) is 0 Å². The third-order valence-corrected chi connectivity index (χ3v) is 3.78. The maximum atomic E-state index is 12.1. The van der Waals surface area contributed by atoms with Crippen molar-refractivity contribution in [3.63, 3.8) is 0 Å². The molecule has 1 heterocycles. The molecule has 4 nitrogen and oxygen atoms in total. The van der Waals surface area contributed by atoms with Crippen LogP contribution in [0, 0.1) is 5.92 Å². The molecule has 0 amide bonds. The van der Waals surface area contributed by atoms with Crippen LogP contribution < -0.4 is 5.32 Å². The molecule has 0 saturated carbocycles. The van der Waals surface area contributed by atoms with Crippen molar-refractivity contribution >= 4 is 5.97 Å². The number of hydrogen-bond acceptors (Lipinski definition) is 4. The highest BCUT2D eigenvalue weighted by atomic mass is 16.5. The van der Waals surface area contributed by atoms with Gasteiger partial charge in [0.1, 0.15) is 5.54 Å². The van der Waals surface area contributed by atoms with E-state index in [2.05, 4.69) is 17.1 Å². The number of carbonyl (C=O) groups excluding carboxylic acids is 1. The number of nitrogens with zero attached hydrogens (tertiary/aromatic N) is 1. The molecule has 0 aromatic heterocycles. The highest BCUT2D eigenvalue weighted by molar-refractivity contribution is 5.80. The molecule has 2 unspecified atom stereocenters. The molecule has 1 aliphatic heterocycles. The molecule has 0 bridgehead atoms. The molecule has 1 fully saturated rings. The highest BCUT2D eigenvalue weighted by Gasteiger charge is 2.37. The minimum Gasteiger partial charge on any atom is -0.465 e. The second kappa shape index (κ2) is 7.10. The molecule has 106 valence electrons. The van der Waals surface area contributed by atoms with Gasteiger partial charge in [-0.15, -0.1) is 0 Å². The molecule has 1 saturated heterocycles. The van der Waals surface area contributed by atoms with Crippen molar-refractivity contribution < 1.29 is 9.53 Å². The Morgan fingerprint density at radius 3 is 2.67 bits per heavy atom. The molecule has 0 aliphatic carbocycles. The fourth-order valence-corrected chi connectivity index (χ4v) is 2.71. The standard InChI is InChI=1S/C14H28N2O2/c1-5-12-8-9-16(10-12)11-14(4,15-6-2)13(17)18-7-3/h12,15H,5-11H2,1-4H3. The fraction of sp³-hybridized carbons (Fsp3) is 0.929. The van der Waals surface area contributed by atoms with E-state index in [1.54, 1.807) is 0 Å². The van der Waals surface area contributed by atoms with Gasteiger partial charge in [-0.3, -0.25) is 4.79 Å². The average Bonchev–Trinajstić information content (AvgIpc) is 2.77. The Morgan fingerprint density at radius 1 is 1.44 bits per heavy atom. The summed E-state index contributed by atoms with van der Waals surface area (Å²) in [5, 5.41) is 3.29. The number of ether oxygens (including phenoxy) is 1. The fourth-order valence-electron chi connectivity index (χ4n) is 2.71. The van der Waals surface area contributed by atoms with E-state index >= 15 is 0 Å². The largest absolute Gasteiger partial charge is 0.465 e. The summed E-state index contributed by atoms with van der Waals surface area (Å²) in [6, 6.07) is 0. The van der Waals surface area contributed by atoms with Gasteiger partial charge in [-0.05, 0) is 39.3 Å². The van der Waals surface area contributed by atoms with E-state index in [0.29, 0.717) is 6.61 Å². The highest BCUT2D eigenvalue weighted by Crippen LogP contribution is 2.21. The van der Waals surface area contributed by atoms with Crippen LogP contribution in [0.1, 0.15) is 40.5 Å². The molecule has 0 aromatic rings. The first-order valence-corrected chi connectivity index (χ1v) is 7.20. The minimum absolute atomic E-state index is 0.133. The monoisotopic (exact) mass is 256 g/mol. The Kier molecular flexibility index (Phi) is 6.09. The maximum absolute atomic E-state index is 12.1. The van der Waals surface area contributed by atoms with Crippen LogP contribution in [0.3, 0.4) is 0 Å². The Hall–Kier alpha value is -0.610. The van der Waals surface area contributed by atoms with Gasteiger partial charge >= 0.3 is 5.97 Å². The molecule has 1 N–H and O–H groups in total. The summed E-state index contributed by atoms with van der Waals surface area (Å²) >= 11 is 0. The second-order valence-corrected chi connectivity index (χ2v) is 5.38. The van der Waals surface area contributed by atoms with Crippen molar-refractivity contribution in [3.8, 4) is 0 Å². The van der Waals surface area contributed by atoms with Gasteiger partial charge in [0.15, 0.2) is 0 Å². The molecule has 0 radical (unpaired) electrons. The summed E-state index contributed by atoms with van der Waals surface area (Å²) in [6.07, 6.45) is 2.48. The van der Waals surface area contributed by atoms with Gasteiger partial charge in [-0.1, -0.05) is 20.3 Å². The van der Waals surface area contributed by atoms with E-state index in [0.717, 1.165) is 32.1 Å². The summed E-state index contributed by atoms with van der Waals surface area (Å²) in [7, 11) is 0. The first-order chi connectivity index (χ1) is 8.55. The van der Waals surface area contributed by atoms with Crippen molar-refractivity contribution in [2.45, 2.75) is 46.1 Å². The van der Waals surface area contributed by atoms with E-state index < -0.39 is 5.54 Å². The van der Waals surface area contributed by atoms with E-state index in [-0.39, 0.29) is 5.97 Å². The number of likely N-dealkylation sites (N-methyl/N-ethyl adjacent to an activating group) is 1. The van der Waals surface area contributed by atoms with Crippen LogP contribution in [0.15, 0.2) is 0 Å². The Labute approximate surface area is 111 Å². The number of rotatable bonds is 7. The summed E-state index contributed by atoms with van der Waals surface area (Å²) in [4.78, 5) is 14.5. The molecule has 2 atom stereocenters. The zero-order valence-corrected chi connectivity index (χ0v) is 12.3. The van der Waals surface area contributed by atoms with E-state index in [4.69, 9.17) is 4.74 Å². The number of hydrogen-bond donors (Lipinski definition) is 1. The van der Waals surface area contributed by atoms with Crippen LogP contribution >= 0.6 is 0 Å². The van der Waals surface area contributed by atoms with Crippen molar-refractivity contribution in [1.29, 1.82) is 0 Å². The maximum Gasteiger partial charge on any atom is 0.327 e. The number of likely N-dealkylation sites (tertiary alicyclic amines) is 1. The molecule has 4 heteroatoms. The molecule has 1 aliphatic rings. The van der Waals surface area contributed by atoms with E-state index in [1.165, 1.54) is 12.8 Å². The molecule has 0 spiro atoms. The molecular formula is C14H28N2O2. The van der Waals surface area contributed by atoms with Crippen molar-refractivity contribution in [2.24, 2.45) is 5.92 Å². The van der Waals surface area contributed by atoms with Gasteiger partial charge in [0.2, 0.25) is 0 Å². The van der Waals surface area contributed by atoms with E-state index in [1.807, 2.05) is 20.8 Å². The third-order valence-electron chi connectivity index (χ3n) is 3.78. The Bertz CT molecular complexity index is 271. The first kappa shape index (κ1) is 15.4. The van der Waals surface area contributed by atoms with Crippen LogP contribution in [0.25, 0.3) is 0 Å². The van der Waals surface area contributed by atoms with Gasteiger partial charge in [0.25, 0.3) is 0 Å². The zero-order chi connectivity index (χ0) is 13.6. The van der Waals surface area contributed by atoms with Crippen LogP contribution in [0.5, 0.6) is 0 Å². The summed E-state index contributed by atoms with van der Waals surface area (Å²) in [5.74, 6) is 0.657. The summed E-state index contributed by atoms with van der Waals surface area (Å²) in [5.41, 5.74) is -0.576. The van der Waals surface area contributed by atoms with Crippen molar-refractivity contribution in [1.82, 2.24) is 10.2 Å². The minimum atomic E-state index is -0.576. The Morgan fingerprint density at radius 2 is 2.17 bits per heavy atom. The molecular weight excluding hydrogens is 228 g/mol. The van der Waals surface area contributed by atoms with Crippen molar-refractivity contribution in [2.75, 3.05) is 32.8 Å². The van der Waals surface area contributed by atoms with Crippen LogP contribution in [-0.2, 0) is 9.53 Å². The lowest BCUT2D eigenvalue weighted by Crippen LogP contribution is -2.57. The van der Waals surface area contributed by atoms with Gasteiger partial charge in [-0.25, -0.2) is 0 Å².